The van der Waals surface area contributed by atoms with Crippen molar-refractivity contribution in [1.82, 2.24) is 9.78 Å². The molecular weight excluding hydrogens is 374 g/mol. The summed E-state index contributed by atoms with van der Waals surface area (Å²) in [4.78, 5) is 13.0. The van der Waals surface area contributed by atoms with Crippen LogP contribution < -0.4 is 5.32 Å². The summed E-state index contributed by atoms with van der Waals surface area (Å²) in [6.07, 6.45) is 3.10. The highest BCUT2D eigenvalue weighted by Crippen LogP contribution is 2.32. The Hall–Kier alpha value is -1.86. The number of halogens is 1. The van der Waals surface area contributed by atoms with Crippen LogP contribution in [-0.2, 0) is 22.7 Å². The van der Waals surface area contributed by atoms with Gasteiger partial charge in [0.25, 0.3) is 5.91 Å². The van der Waals surface area contributed by atoms with E-state index in [9.17, 15) is 13.2 Å². The van der Waals surface area contributed by atoms with Crippen molar-refractivity contribution in [3.8, 4) is 0 Å². The number of nitrogens with zero attached hydrogens (tertiary/aromatic N) is 2. The van der Waals surface area contributed by atoms with E-state index in [2.05, 4.69) is 10.4 Å². The Morgan fingerprint density at radius 1 is 1.35 bits per heavy atom. The van der Waals surface area contributed by atoms with Crippen molar-refractivity contribution in [2.24, 2.45) is 0 Å². The molecule has 0 radical (unpaired) electrons. The molecule has 4 rings (SSSR count). The van der Waals surface area contributed by atoms with Gasteiger partial charge < -0.3 is 5.32 Å². The van der Waals surface area contributed by atoms with Gasteiger partial charge in [-0.1, -0.05) is 17.7 Å². The van der Waals surface area contributed by atoms with Gasteiger partial charge in [0.05, 0.1) is 23.2 Å². The molecule has 6 nitrogen and oxygen atoms in total. The molecule has 26 heavy (non-hydrogen) atoms. The van der Waals surface area contributed by atoms with Crippen LogP contribution in [0.15, 0.2) is 18.2 Å². The van der Waals surface area contributed by atoms with E-state index in [1.54, 1.807) is 16.8 Å². The molecule has 0 bridgehead atoms. The van der Waals surface area contributed by atoms with Gasteiger partial charge in [-0.25, -0.2) is 8.42 Å². The summed E-state index contributed by atoms with van der Waals surface area (Å²) < 4.78 is 25.4. The zero-order valence-electron chi connectivity index (χ0n) is 14.5. The Bertz CT molecular complexity index is 997. The Labute approximate surface area is 157 Å². The maximum atomic E-state index is 13.0. The minimum atomic E-state index is -3.06. The fourth-order valence-electron chi connectivity index (χ4n) is 3.75. The molecule has 1 N–H and O–H groups in total. The van der Waals surface area contributed by atoms with Crippen LogP contribution in [-0.4, -0.2) is 35.6 Å². The average molecular weight is 394 g/mol. The smallest absolute Gasteiger partial charge is 0.274 e. The Morgan fingerprint density at radius 2 is 2.15 bits per heavy atom. The second-order valence-electron chi connectivity index (χ2n) is 7.05. The van der Waals surface area contributed by atoms with Gasteiger partial charge in [-0.15, -0.1) is 0 Å². The molecule has 1 unspecified atom stereocenters. The molecule has 0 spiro atoms. The zero-order chi connectivity index (χ0) is 18.5. The topological polar surface area (TPSA) is 81.1 Å². The Kier molecular flexibility index (Phi) is 4.31. The number of sulfone groups is 1. The predicted octanol–water partition coefficient (Wildman–Crippen LogP) is 2.95. The SMILES string of the molecule is Cc1ccc(NC(=O)c2c3c(nn2C2CCS(=O)(=O)C2)CCC3)cc1Cl. The number of hydrogen-bond donors (Lipinski definition) is 1. The number of rotatable bonds is 3. The first kappa shape index (κ1) is 17.5. The molecule has 1 saturated heterocycles. The number of amides is 1. The maximum Gasteiger partial charge on any atom is 0.274 e. The van der Waals surface area contributed by atoms with Crippen LogP contribution in [0.1, 0.15) is 46.2 Å². The van der Waals surface area contributed by atoms with Crippen molar-refractivity contribution < 1.29 is 13.2 Å². The lowest BCUT2D eigenvalue weighted by atomic mass is 10.1. The normalized spacial score (nSPS) is 20.9. The van der Waals surface area contributed by atoms with Crippen molar-refractivity contribution in [3.63, 3.8) is 0 Å². The highest BCUT2D eigenvalue weighted by Gasteiger charge is 2.35. The molecule has 1 atom stereocenters. The Balaban J connectivity index is 1.68. The minimum Gasteiger partial charge on any atom is -0.321 e. The number of anilines is 1. The molecule has 1 fully saturated rings. The summed E-state index contributed by atoms with van der Waals surface area (Å²) in [7, 11) is -3.06. The van der Waals surface area contributed by atoms with E-state index in [1.807, 2.05) is 13.0 Å². The molecule has 1 aliphatic heterocycles. The van der Waals surface area contributed by atoms with E-state index >= 15 is 0 Å². The van der Waals surface area contributed by atoms with Gasteiger partial charge >= 0.3 is 0 Å². The number of carbonyl (C=O) groups is 1. The summed E-state index contributed by atoms with van der Waals surface area (Å²) in [5.74, 6) is -0.0639. The van der Waals surface area contributed by atoms with Gasteiger partial charge in [-0.05, 0) is 50.3 Å². The molecule has 0 saturated carbocycles. The van der Waals surface area contributed by atoms with Crippen molar-refractivity contribution in [3.05, 3.63) is 45.7 Å². The minimum absolute atomic E-state index is 0.0458. The lowest BCUT2D eigenvalue weighted by Gasteiger charge is -2.15. The monoisotopic (exact) mass is 393 g/mol. The third-order valence-electron chi connectivity index (χ3n) is 5.13. The number of aromatic nitrogens is 2. The van der Waals surface area contributed by atoms with Crippen molar-refractivity contribution in [1.29, 1.82) is 0 Å². The Morgan fingerprint density at radius 3 is 2.85 bits per heavy atom. The van der Waals surface area contributed by atoms with E-state index in [0.717, 1.165) is 36.1 Å². The number of carbonyl (C=O) groups excluding carboxylic acids is 1. The number of benzene rings is 1. The highest BCUT2D eigenvalue weighted by molar-refractivity contribution is 7.91. The van der Waals surface area contributed by atoms with Gasteiger partial charge in [0.2, 0.25) is 0 Å². The summed E-state index contributed by atoms with van der Waals surface area (Å²) in [5.41, 5.74) is 3.92. The van der Waals surface area contributed by atoms with Crippen LogP contribution in [0.5, 0.6) is 0 Å². The molecule has 2 aliphatic rings. The molecule has 1 amide bonds. The largest absolute Gasteiger partial charge is 0.321 e. The molecule has 2 heterocycles. The zero-order valence-corrected chi connectivity index (χ0v) is 16.0. The molecule has 1 aromatic carbocycles. The first-order chi connectivity index (χ1) is 12.3. The molecular formula is C18H20ClN3O3S. The summed E-state index contributed by atoms with van der Waals surface area (Å²) in [6.45, 7) is 1.90. The standard InChI is InChI=1S/C18H20ClN3O3S/c1-11-5-6-12(9-15(11)19)20-18(23)17-14-3-2-4-16(14)21-22(17)13-7-8-26(24,25)10-13/h5-6,9,13H,2-4,7-8,10H2,1H3,(H,20,23). The van der Waals surface area contributed by atoms with Gasteiger partial charge in [-0.3, -0.25) is 9.48 Å². The van der Waals surface area contributed by atoms with Crippen molar-refractivity contribution in [2.45, 2.75) is 38.6 Å². The van der Waals surface area contributed by atoms with E-state index in [0.29, 0.717) is 22.8 Å². The second kappa shape index (κ2) is 6.39. The summed E-state index contributed by atoms with van der Waals surface area (Å²) in [5, 5.41) is 8.08. The molecule has 1 aliphatic carbocycles. The number of nitrogens with one attached hydrogen (secondary N) is 1. The highest BCUT2D eigenvalue weighted by atomic mass is 35.5. The quantitative estimate of drug-likeness (QED) is 0.869. The third kappa shape index (κ3) is 3.14. The van der Waals surface area contributed by atoms with Crippen LogP contribution in [0.4, 0.5) is 5.69 Å². The van der Waals surface area contributed by atoms with Gasteiger partial charge in [0.15, 0.2) is 9.84 Å². The van der Waals surface area contributed by atoms with E-state index < -0.39 is 9.84 Å². The van der Waals surface area contributed by atoms with Gasteiger partial charge in [0, 0.05) is 16.3 Å². The first-order valence-electron chi connectivity index (χ1n) is 8.72. The van der Waals surface area contributed by atoms with Crippen molar-refractivity contribution >= 4 is 33.0 Å². The van der Waals surface area contributed by atoms with E-state index in [4.69, 9.17) is 11.6 Å². The summed E-state index contributed by atoms with van der Waals surface area (Å²) >= 11 is 6.15. The third-order valence-corrected chi connectivity index (χ3v) is 7.29. The van der Waals surface area contributed by atoms with E-state index in [1.165, 1.54) is 0 Å². The molecule has 1 aromatic heterocycles. The first-order valence-corrected chi connectivity index (χ1v) is 10.9. The molecule has 8 heteroatoms. The number of aryl methyl sites for hydroxylation is 2. The van der Waals surface area contributed by atoms with Crippen LogP contribution in [0, 0.1) is 6.92 Å². The number of hydrogen-bond acceptors (Lipinski definition) is 4. The number of fused-ring (bicyclic) bond motifs is 1. The lowest BCUT2D eigenvalue weighted by Crippen LogP contribution is -2.23. The fourth-order valence-corrected chi connectivity index (χ4v) is 5.62. The molecule has 2 aromatic rings. The molecule has 138 valence electrons. The fraction of sp³-hybridized carbons (Fsp3) is 0.444. The van der Waals surface area contributed by atoms with Gasteiger partial charge in [0.1, 0.15) is 5.69 Å². The van der Waals surface area contributed by atoms with Crippen LogP contribution in [0.25, 0.3) is 0 Å². The summed E-state index contributed by atoms with van der Waals surface area (Å²) in [6, 6.07) is 5.10. The maximum absolute atomic E-state index is 13.0. The average Bonchev–Trinajstić information content (AvgIpc) is 3.24. The lowest BCUT2D eigenvalue weighted by molar-refractivity contribution is 0.101. The van der Waals surface area contributed by atoms with E-state index in [-0.39, 0.29) is 23.5 Å². The van der Waals surface area contributed by atoms with Crippen LogP contribution in [0.3, 0.4) is 0 Å². The van der Waals surface area contributed by atoms with Gasteiger partial charge in [-0.2, -0.15) is 5.10 Å². The predicted molar refractivity (Wildman–Crippen MR) is 101 cm³/mol. The van der Waals surface area contributed by atoms with Crippen LogP contribution >= 0.6 is 11.6 Å². The van der Waals surface area contributed by atoms with Crippen molar-refractivity contribution in [2.75, 3.05) is 16.8 Å². The van der Waals surface area contributed by atoms with Crippen LogP contribution in [0.2, 0.25) is 5.02 Å². The second-order valence-corrected chi connectivity index (χ2v) is 9.68.